The van der Waals surface area contributed by atoms with Crippen LogP contribution in [0.4, 0.5) is 21.0 Å². The van der Waals surface area contributed by atoms with Crippen molar-refractivity contribution in [2.24, 2.45) is 0 Å². The molecule has 96 valence electrons. The number of hydrogen-bond acceptors (Lipinski definition) is 5. The average Bonchev–Trinajstić information content (AvgIpc) is 2.75. The molecule has 0 saturated heterocycles. The summed E-state index contributed by atoms with van der Waals surface area (Å²) in [6.07, 6.45) is 0. The molecule has 19 heavy (non-hydrogen) atoms. The molecule has 0 bridgehead atoms. The normalized spacial score (nSPS) is 10.8. The van der Waals surface area contributed by atoms with E-state index in [2.05, 4.69) is 15.3 Å². The first-order valence-corrected chi connectivity index (χ1v) is 6.50. The molecule has 2 aromatic heterocycles. The number of nitrogen functional groups attached to an aromatic ring is 1. The molecular formula is C13H11FN4S. The van der Waals surface area contributed by atoms with Crippen molar-refractivity contribution in [3.8, 4) is 0 Å². The summed E-state index contributed by atoms with van der Waals surface area (Å²) in [6.45, 7) is 1.95. The van der Waals surface area contributed by atoms with Crippen LogP contribution in [0.25, 0.3) is 10.3 Å². The van der Waals surface area contributed by atoms with Gasteiger partial charge in [-0.1, -0.05) is 11.3 Å². The Labute approximate surface area is 113 Å². The molecule has 1 aromatic carbocycles. The van der Waals surface area contributed by atoms with Gasteiger partial charge in [-0.25, -0.2) is 14.4 Å². The van der Waals surface area contributed by atoms with E-state index in [0.29, 0.717) is 10.9 Å². The predicted molar refractivity (Wildman–Crippen MR) is 76.2 cm³/mol. The minimum absolute atomic E-state index is 0.264. The molecule has 6 heteroatoms. The van der Waals surface area contributed by atoms with Crippen LogP contribution in [0.2, 0.25) is 0 Å². The van der Waals surface area contributed by atoms with Crippen LogP contribution in [0.3, 0.4) is 0 Å². The maximum absolute atomic E-state index is 12.8. The lowest BCUT2D eigenvalue weighted by Gasteiger charge is -2.00. The van der Waals surface area contributed by atoms with Crippen molar-refractivity contribution in [2.75, 3.05) is 11.1 Å². The lowest BCUT2D eigenvalue weighted by Crippen LogP contribution is -1.91. The van der Waals surface area contributed by atoms with Crippen molar-refractivity contribution >= 4 is 38.3 Å². The van der Waals surface area contributed by atoms with E-state index in [0.717, 1.165) is 21.6 Å². The van der Waals surface area contributed by atoms with E-state index >= 15 is 0 Å². The molecule has 0 aliphatic carbocycles. The van der Waals surface area contributed by atoms with Gasteiger partial charge in [-0.3, -0.25) is 0 Å². The van der Waals surface area contributed by atoms with E-state index < -0.39 is 0 Å². The lowest BCUT2D eigenvalue weighted by molar-refractivity contribution is 0.628. The Bertz CT molecular complexity index is 736. The Morgan fingerprint density at radius 2 is 1.95 bits per heavy atom. The van der Waals surface area contributed by atoms with E-state index in [4.69, 9.17) is 5.73 Å². The Kier molecular flexibility index (Phi) is 2.79. The SMILES string of the molecule is Cc1cc(N)nc2sc(Nc3ccc(F)cc3)nc12. The molecule has 0 spiro atoms. The molecule has 0 saturated carbocycles. The van der Waals surface area contributed by atoms with Crippen LogP contribution in [-0.2, 0) is 0 Å². The van der Waals surface area contributed by atoms with Gasteiger partial charge in [-0.15, -0.1) is 0 Å². The second kappa shape index (κ2) is 4.47. The minimum Gasteiger partial charge on any atom is -0.384 e. The fourth-order valence-corrected chi connectivity index (χ4v) is 2.74. The van der Waals surface area contributed by atoms with Gasteiger partial charge < -0.3 is 11.1 Å². The zero-order valence-electron chi connectivity index (χ0n) is 10.1. The highest BCUT2D eigenvalue weighted by Gasteiger charge is 2.08. The molecule has 0 unspecified atom stereocenters. The lowest BCUT2D eigenvalue weighted by atomic mass is 10.3. The molecule has 3 N–H and O–H groups in total. The number of anilines is 3. The molecule has 0 atom stereocenters. The van der Waals surface area contributed by atoms with Gasteiger partial charge in [0.1, 0.15) is 22.0 Å². The number of thiazole rings is 1. The van der Waals surface area contributed by atoms with E-state index in [1.54, 1.807) is 18.2 Å². The zero-order valence-corrected chi connectivity index (χ0v) is 11.0. The van der Waals surface area contributed by atoms with Crippen molar-refractivity contribution in [1.82, 2.24) is 9.97 Å². The van der Waals surface area contributed by atoms with Crippen molar-refractivity contribution in [2.45, 2.75) is 6.92 Å². The maximum atomic E-state index is 12.8. The highest BCUT2D eigenvalue weighted by atomic mass is 32.1. The summed E-state index contributed by atoms with van der Waals surface area (Å²) in [4.78, 5) is 9.51. The molecular weight excluding hydrogens is 263 g/mol. The first kappa shape index (κ1) is 11.9. The second-order valence-corrected chi connectivity index (χ2v) is 5.15. The Morgan fingerprint density at radius 3 is 2.68 bits per heavy atom. The summed E-state index contributed by atoms with van der Waals surface area (Å²) in [7, 11) is 0. The maximum Gasteiger partial charge on any atom is 0.189 e. The van der Waals surface area contributed by atoms with Gasteiger partial charge in [-0.05, 0) is 42.8 Å². The number of pyridine rings is 1. The third kappa shape index (κ3) is 2.34. The molecule has 0 amide bonds. The number of fused-ring (bicyclic) bond motifs is 1. The fourth-order valence-electron chi connectivity index (χ4n) is 1.79. The third-order valence-corrected chi connectivity index (χ3v) is 3.54. The van der Waals surface area contributed by atoms with Crippen molar-refractivity contribution in [3.05, 3.63) is 41.7 Å². The number of nitrogens with two attached hydrogens (primary N) is 1. The van der Waals surface area contributed by atoms with Crippen molar-refractivity contribution in [3.63, 3.8) is 0 Å². The molecule has 0 radical (unpaired) electrons. The average molecular weight is 274 g/mol. The zero-order chi connectivity index (χ0) is 13.4. The number of hydrogen-bond donors (Lipinski definition) is 2. The summed E-state index contributed by atoms with van der Waals surface area (Å²) < 4.78 is 12.8. The molecule has 4 nitrogen and oxygen atoms in total. The van der Waals surface area contributed by atoms with Crippen LogP contribution in [0.5, 0.6) is 0 Å². The number of aryl methyl sites for hydroxylation is 1. The first-order chi connectivity index (χ1) is 9.11. The first-order valence-electron chi connectivity index (χ1n) is 5.68. The van der Waals surface area contributed by atoms with Crippen LogP contribution in [-0.4, -0.2) is 9.97 Å². The number of aromatic nitrogens is 2. The highest BCUT2D eigenvalue weighted by Crippen LogP contribution is 2.29. The molecule has 3 rings (SSSR count). The fraction of sp³-hybridized carbons (Fsp3) is 0.0769. The van der Waals surface area contributed by atoms with Gasteiger partial charge in [0.15, 0.2) is 5.13 Å². The summed E-state index contributed by atoms with van der Waals surface area (Å²) >= 11 is 1.42. The van der Waals surface area contributed by atoms with Gasteiger partial charge >= 0.3 is 0 Å². The second-order valence-electron chi connectivity index (χ2n) is 4.17. The molecule has 0 aliphatic rings. The Morgan fingerprint density at radius 1 is 1.21 bits per heavy atom. The van der Waals surface area contributed by atoms with Crippen LogP contribution >= 0.6 is 11.3 Å². The van der Waals surface area contributed by atoms with E-state index in [9.17, 15) is 4.39 Å². The molecule has 3 aromatic rings. The van der Waals surface area contributed by atoms with Crippen molar-refractivity contribution < 1.29 is 4.39 Å². The van der Waals surface area contributed by atoms with Gasteiger partial charge in [-0.2, -0.15) is 0 Å². The van der Waals surface area contributed by atoms with Crippen LogP contribution in [0, 0.1) is 12.7 Å². The molecule has 0 aliphatic heterocycles. The third-order valence-electron chi connectivity index (χ3n) is 2.67. The number of rotatable bonds is 2. The summed E-state index contributed by atoms with van der Waals surface area (Å²) in [5.74, 6) is 0.224. The van der Waals surface area contributed by atoms with Gasteiger partial charge in [0.2, 0.25) is 0 Å². The topological polar surface area (TPSA) is 63.8 Å². The molecule has 0 fully saturated rings. The number of nitrogens with zero attached hydrogens (tertiary/aromatic N) is 2. The molecule has 2 heterocycles. The van der Waals surface area contributed by atoms with Crippen LogP contribution in [0.15, 0.2) is 30.3 Å². The summed E-state index contributed by atoms with van der Waals surface area (Å²) in [5.41, 5.74) is 8.32. The summed E-state index contributed by atoms with van der Waals surface area (Å²) in [5, 5.41) is 3.84. The van der Waals surface area contributed by atoms with Gasteiger partial charge in [0.05, 0.1) is 0 Å². The van der Waals surface area contributed by atoms with E-state index in [1.165, 1.54) is 23.5 Å². The van der Waals surface area contributed by atoms with E-state index in [1.807, 2.05) is 6.92 Å². The van der Waals surface area contributed by atoms with Gasteiger partial charge in [0.25, 0.3) is 0 Å². The number of nitrogens with one attached hydrogen (secondary N) is 1. The quantitative estimate of drug-likeness (QED) is 0.751. The van der Waals surface area contributed by atoms with Crippen LogP contribution in [0.1, 0.15) is 5.56 Å². The monoisotopic (exact) mass is 274 g/mol. The standard InChI is InChI=1S/C13H11FN4S/c1-7-6-10(15)17-12-11(7)18-13(19-12)16-9-4-2-8(14)3-5-9/h2-6H,1H3,(H2,15,17)(H,16,18). The highest BCUT2D eigenvalue weighted by molar-refractivity contribution is 7.21. The largest absolute Gasteiger partial charge is 0.384 e. The minimum atomic E-state index is -0.264. The van der Waals surface area contributed by atoms with E-state index in [-0.39, 0.29) is 5.82 Å². The Hall–Kier alpha value is -2.21. The predicted octanol–water partition coefficient (Wildman–Crippen LogP) is 3.46. The number of benzene rings is 1. The smallest absolute Gasteiger partial charge is 0.189 e. The Balaban J connectivity index is 1.97. The number of halogens is 1. The summed E-state index contributed by atoms with van der Waals surface area (Å²) in [6, 6.07) is 7.92. The van der Waals surface area contributed by atoms with Crippen molar-refractivity contribution in [1.29, 1.82) is 0 Å². The van der Waals surface area contributed by atoms with Gasteiger partial charge in [0, 0.05) is 5.69 Å². The van der Waals surface area contributed by atoms with Crippen LogP contribution < -0.4 is 11.1 Å².